The molecule has 0 unspecified atom stereocenters. The molecule has 0 saturated carbocycles. The summed E-state index contributed by atoms with van der Waals surface area (Å²) in [6.45, 7) is 1.90. The Kier molecular flexibility index (Phi) is 2.78. The highest BCUT2D eigenvalue weighted by Crippen LogP contribution is 2.13. The van der Waals surface area contributed by atoms with Gasteiger partial charge in [0.05, 0.1) is 10.9 Å². The molecule has 0 aliphatic rings. The van der Waals surface area contributed by atoms with Crippen LogP contribution in [0.2, 0.25) is 0 Å². The van der Waals surface area contributed by atoms with Crippen LogP contribution in [0, 0.1) is 6.92 Å². The average Bonchev–Trinajstić information content (AvgIpc) is 2.27. The first-order valence-electron chi connectivity index (χ1n) is 5.01. The van der Waals surface area contributed by atoms with Gasteiger partial charge < -0.3 is 9.52 Å². The Morgan fingerprint density at radius 2 is 2.18 bits per heavy atom. The van der Waals surface area contributed by atoms with E-state index in [1.165, 1.54) is 12.3 Å². The van der Waals surface area contributed by atoms with Gasteiger partial charge in [-0.25, -0.2) is 4.79 Å². The second kappa shape index (κ2) is 4.25. The first kappa shape index (κ1) is 11.1. The van der Waals surface area contributed by atoms with E-state index in [2.05, 4.69) is 0 Å². The summed E-state index contributed by atoms with van der Waals surface area (Å²) >= 11 is 0. The third kappa shape index (κ3) is 2.25. The molecule has 2 rings (SSSR count). The zero-order valence-electron chi connectivity index (χ0n) is 9.14. The fraction of sp³-hybridized carbons (Fsp3) is 0.0769. The molecule has 0 bridgehead atoms. The Bertz CT molecular complexity index is 665. The molecule has 0 spiro atoms. The van der Waals surface area contributed by atoms with E-state index < -0.39 is 5.97 Å². The molecule has 0 atom stereocenters. The van der Waals surface area contributed by atoms with Crippen molar-refractivity contribution >= 4 is 23.0 Å². The van der Waals surface area contributed by atoms with Crippen molar-refractivity contribution in [2.45, 2.75) is 6.92 Å². The molecule has 1 aromatic heterocycles. The molecular weight excluding hydrogens is 220 g/mol. The monoisotopic (exact) mass is 230 g/mol. The second-order valence-corrected chi connectivity index (χ2v) is 3.69. The maximum absolute atomic E-state index is 11.9. The minimum Gasteiger partial charge on any atom is -0.478 e. The van der Waals surface area contributed by atoms with Crippen LogP contribution in [0.25, 0.3) is 17.0 Å². The standard InChI is InChI=1S/C13H10O4/c1-8-2-4-10-11(6-8)17-7-9(13(10)16)3-5-12(14)15/h2-7H,1H3,(H,14,15)/b5-3+. The van der Waals surface area contributed by atoms with Crippen molar-refractivity contribution in [1.82, 2.24) is 0 Å². The first-order valence-corrected chi connectivity index (χ1v) is 5.01. The van der Waals surface area contributed by atoms with E-state index in [9.17, 15) is 9.59 Å². The van der Waals surface area contributed by atoms with E-state index in [0.29, 0.717) is 11.0 Å². The number of fused-ring (bicyclic) bond motifs is 1. The molecule has 86 valence electrons. The number of aliphatic carboxylic acids is 1. The van der Waals surface area contributed by atoms with Crippen molar-refractivity contribution in [3.05, 3.63) is 51.9 Å². The zero-order valence-corrected chi connectivity index (χ0v) is 9.14. The highest BCUT2D eigenvalue weighted by Gasteiger charge is 2.04. The predicted octanol–water partition coefficient (Wildman–Crippen LogP) is 2.20. The summed E-state index contributed by atoms with van der Waals surface area (Å²) in [6, 6.07) is 5.25. The van der Waals surface area contributed by atoms with Gasteiger partial charge in [0.25, 0.3) is 0 Å². The van der Waals surface area contributed by atoms with Crippen molar-refractivity contribution < 1.29 is 14.3 Å². The first-order chi connectivity index (χ1) is 8.08. The fourth-order valence-electron chi connectivity index (χ4n) is 1.53. The molecular formula is C13H10O4. The number of aryl methyl sites for hydroxylation is 1. The van der Waals surface area contributed by atoms with E-state index in [1.54, 1.807) is 12.1 Å². The smallest absolute Gasteiger partial charge is 0.328 e. The number of hydrogen-bond acceptors (Lipinski definition) is 3. The van der Waals surface area contributed by atoms with Gasteiger partial charge in [-0.1, -0.05) is 6.07 Å². The number of rotatable bonds is 2. The molecule has 17 heavy (non-hydrogen) atoms. The molecule has 1 aromatic carbocycles. The Balaban J connectivity index is 2.62. The molecule has 0 aliphatic carbocycles. The summed E-state index contributed by atoms with van der Waals surface area (Å²) in [5.74, 6) is -1.10. The van der Waals surface area contributed by atoms with Gasteiger partial charge in [0, 0.05) is 6.08 Å². The van der Waals surface area contributed by atoms with Crippen LogP contribution in [0.3, 0.4) is 0 Å². The Hall–Kier alpha value is -2.36. The third-order valence-corrected chi connectivity index (χ3v) is 2.36. The maximum atomic E-state index is 11.9. The topological polar surface area (TPSA) is 67.5 Å². The number of benzene rings is 1. The van der Waals surface area contributed by atoms with Gasteiger partial charge >= 0.3 is 5.97 Å². The molecule has 1 N–H and O–H groups in total. The number of carboxylic acid groups (broad SMARTS) is 1. The summed E-state index contributed by atoms with van der Waals surface area (Å²) in [7, 11) is 0. The van der Waals surface area contributed by atoms with Crippen molar-refractivity contribution in [1.29, 1.82) is 0 Å². The predicted molar refractivity (Wildman–Crippen MR) is 63.9 cm³/mol. The van der Waals surface area contributed by atoms with Crippen molar-refractivity contribution in [3.63, 3.8) is 0 Å². The van der Waals surface area contributed by atoms with E-state index >= 15 is 0 Å². The maximum Gasteiger partial charge on any atom is 0.328 e. The summed E-state index contributed by atoms with van der Waals surface area (Å²) in [5, 5.41) is 8.94. The fourth-order valence-corrected chi connectivity index (χ4v) is 1.53. The SMILES string of the molecule is Cc1ccc2c(=O)c(/C=C/C(=O)O)coc2c1. The molecule has 0 fully saturated rings. The number of hydrogen-bond donors (Lipinski definition) is 1. The van der Waals surface area contributed by atoms with Crippen LogP contribution in [0.15, 0.2) is 39.7 Å². The molecule has 1 heterocycles. The van der Waals surface area contributed by atoms with Crippen molar-refractivity contribution in [2.75, 3.05) is 0 Å². The van der Waals surface area contributed by atoms with Crippen LogP contribution in [-0.4, -0.2) is 11.1 Å². The molecule has 0 saturated heterocycles. The molecule has 4 nitrogen and oxygen atoms in total. The Morgan fingerprint density at radius 3 is 2.88 bits per heavy atom. The van der Waals surface area contributed by atoms with Crippen LogP contribution in [-0.2, 0) is 4.79 Å². The average molecular weight is 230 g/mol. The number of carboxylic acids is 1. The normalized spacial score (nSPS) is 11.1. The van der Waals surface area contributed by atoms with E-state index in [0.717, 1.165) is 11.6 Å². The third-order valence-electron chi connectivity index (χ3n) is 2.36. The molecule has 0 radical (unpaired) electrons. The van der Waals surface area contributed by atoms with Gasteiger partial charge in [-0.2, -0.15) is 0 Å². The van der Waals surface area contributed by atoms with Crippen LogP contribution >= 0.6 is 0 Å². The Labute approximate surface area is 96.8 Å². The lowest BCUT2D eigenvalue weighted by Gasteiger charge is -1.99. The molecule has 4 heteroatoms. The van der Waals surface area contributed by atoms with Crippen molar-refractivity contribution in [3.8, 4) is 0 Å². The van der Waals surface area contributed by atoms with Gasteiger partial charge in [0.15, 0.2) is 5.43 Å². The van der Waals surface area contributed by atoms with Gasteiger partial charge in [-0.15, -0.1) is 0 Å². The quantitative estimate of drug-likeness (QED) is 0.803. The molecule has 0 amide bonds. The second-order valence-electron chi connectivity index (χ2n) is 3.69. The lowest BCUT2D eigenvalue weighted by atomic mass is 10.1. The lowest BCUT2D eigenvalue weighted by Crippen LogP contribution is -2.05. The highest BCUT2D eigenvalue weighted by molar-refractivity contribution is 5.86. The lowest BCUT2D eigenvalue weighted by molar-refractivity contribution is -0.131. The summed E-state index contributed by atoms with van der Waals surface area (Å²) in [5.41, 5.74) is 1.49. The largest absolute Gasteiger partial charge is 0.478 e. The summed E-state index contributed by atoms with van der Waals surface area (Å²) in [4.78, 5) is 22.3. The van der Waals surface area contributed by atoms with E-state index in [-0.39, 0.29) is 11.0 Å². The Morgan fingerprint density at radius 1 is 1.41 bits per heavy atom. The number of carbonyl (C=O) groups is 1. The van der Waals surface area contributed by atoms with E-state index in [1.807, 2.05) is 13.0 Å². The van der Waals surface area contributed by atoms with Crippen LogP contribution in [0.5, 0.6) is 0 Å². The minimum atomic E-state index is -1.10. The van der Waals surface area contributed by atoms with Crippen LogP contribution in [0.1, 0.15) is 11.1 Å². The van der Waals surface area contributed by atoms with Gasteiger partial charge in [-0.3, -0.25) is 4.79 Å². The van der Waals surface area contributed by atoms with Gasteiger partial charge in [-0.05, 0) is 30.7 Å². The minimum absolute atomic E-state index is 0.226. The summed E-state index contributed by atoms with van der Waals surface area (Å²) < 4.78 is 5.29. The molecule has 2 aromatic rings. The van der Waals surface area contributed by atoms with Crippen molar-refractivity contribution in [2.24, 2.45) is 0 Å². The van der Waals surface area contributed by atoms with Gasteiger partial charge in [0.2, 0.25) is 0 Å². The van der Waals surface area contributed by atoms with Crippen LogP contribution < -0.4 is 5.43 Å². The summed E-state index contributed by atoms with van der Waals surface area (Å²) in [6.07, 6.45) is 3.41. The van der Waals surface area contributed by atoms with Gasteiger partial charge in [0.1, 0.15) is 11.8 Å². The van der Waals surface area contributed by atoms with Crippen LogP contribution in [0.4, 0.5) is 0 Å². The highest BCUT2D eigenvalue weighted by atomic mass is 16.4. The molecule has 0 aliphatic heterocycles. The zero-order chi connectivity index (χ0) is 12.4. The van der Waals surface area contributed by atoms with E-state index in [4.69, 9.17) is 9.52 Å².